The molecular formula is C12H17ClN2OS. The molecule has 1 heterocycles. The average Bonchev–Trinajstić information content (AvgIpc) is 2.81. The third-order valence-electron chi connectivity index (χ3n) is 2.96. The lowest BCUT2D eigenvalue weighted by Crippen LogP contribution is -2.37. The van der Waals surface area contributed by atoms with Gasteiger partial charge in [0.05, 0.1) is 5.56 Å². The fraction of sp³-hybridized carbons (Fsp3) is 0.417. The summed E-state index contributed by atoms with van der Waals surface area (Å²) in [6, 6.07) is 7.61. The second-order valence-electron chi connectivity index (χ2n) is 4.02. The number of nitrogen functional groups attached to an aromatic ring is 1. The summed E-state index contributed by atoms with van der Waals surface area (Å²) < 4.78 is 0. The Morgan fingerprint density at radius 1 is 1.47 bits per heavy atom. The van der Waals surface area contributed by atoms with Crippen LogP contribution in [0, 0.1) is 0 Å². The van der Waals surface area contributed by atoms with E-state index in [1.54, 1.807) is 12.1 Å². The molecule has 1 saturated heterocycles. The van der Waals surface area contributed by atoms with Crippen LogP contribution in [-0.2, 0) is 0 Å². The molecule has 0 aromatic heterocycles. The first kappa shape index (κ1) is 14.2. The number of hydrogen-bond acceptors (Lipinski definition) is 3. The standard InChI is InChI=1S/C12H16N2OS.ClH/c1-14(9-6-7-16-8-9)12(15)10-4-2-3-5-11(10)13;/h2-5,9H,6-8,13H2,1H3;1H. The van der Waals surface area contributed by atoms with Crippen molar-refractivity contribution in [2.45, 2.75) is 12.5 Å². The molecule has 0 bridgehead atoms. The molecule has 1 atom stereocenters. The van der Waals surface area contributed by atoms with Gasteiger partial charge in [0, 0.05) is 24.5 Å². The molecule has 1 aromatic carbocycles. The van der Waals surface area contributed by atoms with Crippen LogP contribution in [0.3, 0.4) is 0 Å². The molecule has 1 fully saturated rings. The summed E-state index contributed by atoms with van der Waals surface area (Å²) in [6.45, 7) is 0. The maximum atomic E-state index is 12.2. The Bertz CT molecular complexity index is 394. The number of amides is 1. The number of thioether (sulfide) groups is 1. The predicted octanol–water partition coefficient (Wildman–Crippen LogP) is 2.27. The van der Waals surface area contributed by atoms with Crippen molar-refractivity contribution in [3.8, 4) is 0 Å². The van der Waals surface area contributed by atoms with Crippen molar-refractivity contribution in [3.05, 3.63) is 29.8 Å². The molecule has 0 aliphatic carbocycles. The van der Waals surface area contributed by atoms with Gasteiger partial charge in [0.2, 0.25) is 0 Å². The molecule has 0 saturated carbocycles. The molecule has 1 aliphatic heterocycles. The molecule has 3 nitrogen and oxygen atoms in total. The van der Waals surface area contributed by atoms with Crippen LogP contribution in [0.4, 0.5) is 5.69 Å². The van der Waals surface area contributed by atoms with Crippen LogP contribution in [0.25, 0.3) is 0 Å². The van der Waals surface area contributed by atoms with Crippen LogP contribution in [0.5, 0.6) is 0 Å². The summed E-state index contributed by atoms with van der Waals surface area (Å²) in [4.78, 5) is 14.0. The van der Waals surface area contributed by atoms with E-state index in [1.807, 2.05) is 35.8 Å². The Labute approximate surface area is 112 Å². The van der Waals surface area contributed by atoms with Gasteiger partial charge in [-0.25, -0.2) is 0 Å². The van der Waals surface area contributed by atoms with Crippen molar-refractivity contribution in [3.63, 3.8) is 0 Å². The normalized spacial score (nSPS) is 18.5. The van der Waals surface area contributed by atoms with E-state index in [-0.39, 0.29) is 18.3 Å². The maximum Gasteiger partial charge on any atom is 0.255 e. The molecule has 1 unspecified atom stereocenters. The SMILES string of the molecule is CN(C(=O)c1ccccc1N)C1CCSC1.Cl. The number of halogens is 1. The molecule has 0 radical (unpaired) electrons. The Kier molecular flexibility index (Phi) is 5.15. The predicted molar refractivity (Wildman–Crippen MR) is 75.9 cm³/mol. The van der Waals surface area contributed by atoms with Crippen molar-refractivity contribution in [1.29, 1.82) is 0 Å². The minimum Gasteiger partial charge on any atom is -0.398 e. The van der Waals surface area contributed by atoms with E-state index in [1.165, 1.54) is 0 Å². The Morgan fingerprint density at radius 2 is 2.18 bits per heavy atom. The van der Waals surface area contributed by atoms with Crippen molar-refractivity contribution in [2.24, 2.45) is 0 Å². The van der Waals surface area contributed by atoms with E-state index in [0.717, 1.165) is 17.9 Å². The summed E-state index contributed by atoms with van der Waals surface area (Å²) in [6.07, 6.45) is 1.08. The number of rotatable bonds is 2. The summed E-state index contributed by atoms with van der Waals surface area (Å²) in [5.41, 5.74) is 6.98. The summed E-state index contributed by atoms with van der Waals surface area (Å²) in [5, 5.41) is 0. The van der Waals surface area contributed by atoms with E-state index in [4.69, 9.17) is 5.73 Å². The first-order valence-electron chi connectivity index (χ1n) is 5.39. The molecule has 2 rings (SSSR count). The van der Waals surface area contributed by atoms with Gasteiger partial charge in [-0.3, -0.25) is 4.79 Å². The summed E-state index contributed by atoms with van der Waals surface area (Å²) >= 11 is 1.90. The zero-order valence-corrected chi connectivity index (χ0v) is 11.4. The largest absolute Gasteiger partial charge is 0.398 e. The fourth-order valence-corrected chi connectivity index (χ4v) is 3.14. The molecule has 94 valence electrons. The van der Waals surface area contributed by atoms with E-state index in [2.05, 4.69) is 0 Å². The fourth-order valence-electron chi connectivity index (χ4n) is 1.88. The Morgan fingerprint density at radius 3 is 2.76 bits per heavy atom. The minimum absolute atomic E-state index is 0. The van der Waals surface area contributed by atoms with Crippen molar-refractivity contribution in [2.75, 3.05) is 24.3 Å². The molecule has 5 heteroatoms. The zero-order valence-electron chi connectivity index (χ0n) is 9.76. The highest BCUT2D eigenvalue weighted by molar-refractivity contribution is 7.99. The van der Waals surface area contributed by atoms with Gasteiger partial charge in [-0.1, -0.05) is 12.1 Å². The van der Waals surface area contributed by atoms with Crippen molar-refractivity contribution >= 4 is 35.8 Å². The quantitative estimate of drug-likeness (QED) is 0.840. The van der Waals surface area contributed by atoms with Crippen molar-refractivity contribution in [1.82, 2.24) is 4.90 Å². The number of anilines is 1. The lowest BCUT2D eigenvalue weighted by molar-refractivity contribution is 0.0749. The number of nitrogens with two attached hydrogens (primary N) is 1. The number of nitrogens with zero attached hydrogens (tertiary/aromatic N) is 1. The highest BCUT2D eigenvalue weighted by Gasteiger charge is 2.25. The molecule has 2 N–H and O–H groups in total. The second-order valence-corrected chi connectivity index (χ2v) is 5.17. The van der Waals surface area contributed by atoms with Gasteiger partial charge in [0.1, 0.15) is 0 Å². The monoisotopic (exact) mass is 272 g/mol. The topological polar surface area (TPSA) is 46.3 Å². The van der Waals surface area contributed by atoms with Crippen molar-refractivity contribution < 1.29 is 4.79 Å². The number of hydrogen-bond donors (Lipinski definition) is 1. The Hall–Kier alpha value is -0.870. The van der Waals surface area contributed by atoms with Crippen LogP contribution in [0.1, 0.15) is 16.8 Å². The van der Waals surface area contributed by atoms with Gasteiger partial charge in [-0.15, -0.1) is 12.4 Å². The van der Waals surface area contributed by atoms with Crippen LogP contribution >= 0.6 is 24.2 Å². The lowest BCUT2D eigenvalue weighted by atomic mass is 10.1. The van der Waals surface area contributed by atoms with E-state index < -0.39 is 0 Å². The van der Waals surface area contributed by atoms with Crippen LogP contribution in [0.15, 0.2) is 24.3 Å². The molecule has 1 aliphatic rings. The van der Waals surface area contributed by atoms with Gasteiger partial charge in [0.25, 0.3) is 5.91 Å². The zero-order chi connectivity index (χ0) is 11.5. The second kappa shape index (κ2) is 6.17. The minimum atomic E-state index is 0. The number of para-hydroxylation sites is 1. The first-order chi connectivity index (χ1) is 7.70. The van der Waals surface area contributed by atoms with Gasteiger partial charge in [-0.05, 0) is 24.3 Å². The van der Waals surface area contributed by atoms with E-state index in [9.17, 15) is 4.79 Å². The first-order valence-corrected chi connectivity index (χ1v) is 6.55. The smallest absolute Gasteiger partial charge is 0.255 e. The van der Waals surface area contributed by atoms with Gasteiger partial charge in [0.15, 0.2) is 0 Å². The number of carbonyl (C=O) groups is 1. The van der Waals surface area contributed by atoms with E-state index in [0.29, 0.717) is 17.3 Å². The van der Waals surface area contributed by atoms with Crippen LogP contribution in [-0.4, -0.2) is 35.4 Å². The molecule has 17 heavy (non-hydrogen) atoms. The lowest BCUT2D eigenvalue weighted by Gasteiger charge is -2.24. The highest BCUT2D eigenvalue weighted by atomic mass is 35.5. The highest BCUT2D eigenvalue weighted by Crippen LogP contribution is 2.23. The molecule has 1 aromatic rings. The molecular weight excluding hydrogens is 256 g/mol. The van der Waals surface area contributed by atoms with E-state index >= 15 is 0 Å². The van der Waals surface area contributed by atoms with Crippen LogP contribution in [0.2, 0.25) is 0 Å². The third kappa shape index (κ3) is 3.07. The van der Waals surface area contributed by atoms with Gasteiger partial charge >= 0.3 is 0 Å². The number of carbonyl (C=O) groups excluding carboxylic acids is 1. The van der Waals surface area contributed by atoms with Gasteiger partial charge in [-0.2, -0.15) is 11.8 Å². The maximum absolute atomic E-state index is 12.2. The third-order valence-corrected chi connectivity index (χ3v) is 4.11. The Balaban J connectivity index is 0.00000144. The summed E-state index contributed by atoms with van der Waals surface area (Å²) in [5.74, 6) is 2.22. The number of benzene rings is 1. The summed E-state index contributed by atoms with van der Waals surface area (Å²) in [7, 11) is 1.87. The average molecular weight is 273 g/mol. The molecule has 0 spiro atoms. The van der Waals surface area contributed by atoms with Gasteiger partial charge < -0.3 is 10.6 Å². The van der Waals surface area contributed by atoms with Crippen LogP contribution < -0.4 is 5.73 Å². The molecule has 1 amide bonds.